The topological polar surface area (TPSA) is 102 Å². The maximum atomic E-state index is 12.2. The molecule has 164 valence electrons. The Balaban J connectivity index is 1.96. The summed E-state index contributed by atoms with van der Waals surface area (Å²) in [5.74, 6) is 0. The molecule has 9 heteroatoms. The summed E-state index contributed by atoms with van der Waals surface area (Å²) in [4.78, 5) is 20.9. The first-order chi connectivity index (χ1) is 14.5. The Hall–Kier alpha value is -2.96. The van der Waals surface area contributed by atoms with Crippen LogP contribution in [0.15, 0.2) is 24.5 Å². The van der Waals surface area contributed by atoms with E-state index in [1.54, 1.807) is 39.2 Å². The summed E-state index contributed by atoms with van der Waals surface area (Å²) < 4.78 is 13.2. The first-order valence-electron chi connectivity index (χ1n) is 10.2. The van der Waals surface area contributed by atoms with E-state index in [-0.39, 0.29) is 0 Å². The molecule has 0 spiro atoms. The second kappa shape index (κ2) is 8.65. The zero-order valence-corrected chi connectivity index (χ0v) is 19.9. The summed E-state index contributed by atoms with van der Waals surface area (Å²) in [6.07, 6.45) is 2.70. The molecule has 8 nitrogen and oxygen atoms in total. The second-order valence-electron chi connectivity index (χ2n) is 9.70. The quantitative estimate of drug-likeness (QED) is 0.423. The summed E-state index contributed by atoms with van der Waals surface area (Å²) in [5.41, 5.74) is 1.75. The lowest BCUT2D eigenvalue weighted by atomic mass is 10.2. The van der Waals surface area contributed by atoms with Crippen molar-refractivity contribution >= 4 is 41.8 Å². The maximum Gasteiger partial charge on any atom is 0.412 e. The fourth-order valence-electron chi connectivity index (χ4n) is 3.08. The molecule has 0 aliphatic rings. The highest BCUT2D eigenvalue weighted by atomic mass is 28.3. The summed E-state index contributed by atoms with van der Waals surface area (Å²) in [6.45, 7) is 13.4. The molecular formula is C22H29N5O3Si. The van der Waals surface area contributed by atoms with Crippen LogP contribution in [-0.4, -0.2) is 40.9 Å². The van der Waals surface area contributed by atoms with Gasteiger partial charge in [-0.3, -0.25) is 9.88 Å². The number of nitriles is 1. The Morgan fingerprint density at radius 3 is 2.58 bits per heavy atom. The van der Waals surface area contributed by atoms with E-state index in [2.05, 4.69) is 41.0 Å². The van der Waals surface area contributed by atoms with Crippen LogP contribution in [0.3, 0.4) is 0 Å². The SMILES string of the molecule is CC(C)(C)OC(=O)Nc1cnc2c(c1)c1cc(C#N)ncc1n2COCC[Si](C)(C)C. The van der Waals surface area contributed by atoms with Crippen molar-refractivity contribution in [3.8, 4) is 6.07 Å². The highest BCUT2D eigenvalue weighted by Gasteiger charge is 2.19. The van der Waals surface area contributed by atoms with E-state index < -0.39 is 19.8 Å². The monoisotopic (exact) mass is 439 g/mol. The number of anilines is 1. The largest absolute Gasteiger partial charge is 0.444 e. The molecule has 0 saturated carbocycles. The van der Waals surface area contributed by atoms with Gasteiger partial charge < -0.3 is 9.47 Å². The number of ether oxygens (including phenoxy) is 2. The molecule has 3 rings (SSSR count). The Morgan fingerprint density at radius 2 is 1.94 bits per heavy atom. The highest BCUT2D eigenvalue weighted by molar-refractivity contribution is 6.76. The minimum absolute atomic E-state index is 0.316. The Labute approximate surface area is 183 Å². The lowest BCUT2D eigenvalue weighted by molar-refractivity contribution is 0.0636. The molecule has 3 aromatic heterocycles. The molecule has 3 heterocycles. The number of nitrogens with one attached hydrogen (secondary N) is 1. The Morgan fingerprint density at radius 1 is 1.19 bits per heavy atom. The lowest BCUT2D eigenvalue weighted by Gasteiger charge is -2.19. The molecule has 0 unspecified atom stereocenters. The molecular weight excluding hydrogens is 410 g/mol. The summed E-state index contributed by atoms with van der Waals surface area (Å²) >= 11 is 0. The summed E-state index contributed by atoms with van der Waals surface area (Å²) in [5, 5.41) is 13.6. The molecule has 0 aromatic carbocycles. The maximum absolute atomic E-state index is 12.2. The van der Waals surface area contributed by atoms with Gasteiger partial charge >= 0.3 is 6.09 Å². The fourth-order valence-corrected chi connectivity index (χ4v) is 3.84. The molecule has 0 radical (unpaired) electrons. The number of nitrogens with zero attached hydrogens (tertiary/aromatic N) is 4. The number of hydrogen-bond donors (Lipinski definition) is 1. The minimum Gasteiger partial charge on any atom is -0.444 e. The third-order valence-electron chi connectivity index (χ3n) is 4.56. The minimum atomic E-state index is -1.19. The van der Waals surface area contributed by atoms with Gasteiger partial charge in [-0.15, -0.1) is 0 Å². The number of fused-ring (bicyclic) bond motifs is 3. The Kier molecular flexibility index (Phi) is 6.34. The smallest absolute Gasteiger partial charge is 0.412 e. The van der Waals surface area contributed by atoms with Gasteiger partial charge in [-0.25, -0.2) is 14.8 Å². The number of hydrogen-bond acceptors (Lipinski definition) is 6. The number of carbonyl (C=O) groups is 1. The predicted octanol–water partition coefficient (Wildman–Crippen LogP) is 5.12. The van der Waals surface area contributed by atoms with Crippen molar-refractivity contribution in [3.63, 3.8) is 0 Å². The zero-order valence-electron chi connectivity index (χ0n) is 18.9. The zero-order chi connectivity index (χ0) is 22.8. The van der Waals surface area contributed by atoms with Gasteiger partial charge in [0.25, 0.3) is 0 Å². The van der Waals surface area contributed by atoms with Crippen LogP contribution in [0.5, 0.6) is 0 Å². The van der Waals surface area contributed by atoms with E-state index >= 15 is 0 Å². The van der Waals surface area contributed by atoms with Gasteiger partial charge in [0.2, 0.25) is 0 Å². The lowest BCUT2D eigenvalue weighted by Crippen LogP contribution is -2.27. The highest BCUT2D eigenvalue weighted by Crippen LogP contribution is 2.30. The fraction of sp³-hybridized carbons (Fsp3) is 0.455. The Bertz CT molecular complexity index is 1150. The normalized spacial score (nSPS) is 12.2. The summed E-state index contributed by atoms with van der Waals surface area (Å²) in [6, 6.07) is 6.70. The van der Waals surface area contributed by atoms with E-state index in [1.807, 2.05) is 10.6 Å². The van der Waals surface area contributed by atoms with E-state index in [1.165, 1.54) is 0 Å². The molecule has 1 amide bonds. The van der Waals surface area contributed by atoms with Crippen LogP contribution in [0.25, 0.3) is 21.9 Å². The molecule has 0 aliphatic carbocycles. The van der Waals surface area contributed by atoms with Crippen LogP contribution in [0.4, 0.5) is 10.5 Å². The number of carbonyl (C=O) groups excluding carboxylic acids is 1. The van der Waals surface area contributed by atoms with E-state index in [4.69, 9.17) is 9.47 Å². The summed E-state index contributed by atoms with van der Waals surface area (Å²) in [7, 11) is -1.19. The molecule has 0 fully saturated rings. The molecule has 0 bridgehead atoms. The van der Waals surface area contributed by atoms with Gasteiger partial charge in [-0.1, -0.05) is 19.6 Å². The van der Waals surface area contributed by atoms with Crippen LogP contribution in [0.1, 0.15) is 26.5 Å². The van der Waals surface area contributed by atoms with Gasteiger partial charge in [0.05, 0.1) is 23.6 Å². The van der Waals surface area contributed by atoms with Crippen molar-refractivity contribution < 1.29 is 14.3 Å². The average molecular weight is 440 g/mol. The molecule has 0 atom stereocenters. The van der Waals surface area contributed by atoms with Crippen molar-refractivity contribution in [2.75, 3.05) is 11.9 Å². The molecule has 0 aliphatic heterocycles. The van der Waals surface area contributed by atoms with Crippen LogP contribution >= 0.6 is 0 Å². The standard InChI is InChI=1S/C22H29N5O3Si/c1-22(2,3)30-21(28)26-16-10-18-17-9-15(11-23)24-13-19(17)27(20(18)25-12-16)14-29-7-8-31(4,5)6/h9-10,12-13H,7-8,14H2,1-6H3,(H,26,28). The van der Waals surface area contributed by atoms with Crippen LogP contribution < -0.4 is 5.32 Å². The molecule has 1 N–H and O–H groups in total. The molecule has 3 aromatic rings. The van der Waals surface area contributed by atoms with Crippen molar-refractivity contribution in [1.82, 2.24) is 14.5 Å². The van der Waals surface area contributed by atoms with Gasteiger partial charge in [-0.2, -0.15) is 5.26 Å². The third-order valence-corrected chi connectivity index (χ3v) is 6.27. The second-order valence-corrected chi connectivity index (χ2v) is 15.3. The van der Waals surface area contributed by atoms with Crippen LogP contribution in [-0.2, 0) is 16.2 Å². The number of pyridine rings is 2. The van der Waals surface area contributed by atoms with Crippen LogP contribution in [0, 0.1) is 11.3 Å². The molecule has 31 heavy (non-hydrogen) atoms. The van der Waals surface area contributed by atoms with Crippen molar-refractivity contribution in [1.29, 1.82) is 5.26 Å². The van der Waals surface area contributed by atoms with E-state index in [0.717, 1.165) is 22.3 Å². The van der Waals surface area contributed by atoms with Gasteiger partial charge in [-0.05, 0) is 38.9 Å². The van der Waals surface area contributed by atoms with Crippen molar-refractivity contribution in [3.05, 3.63) is 30.2 Å². The van der Waals surface area contributed by atoms with Gasteiger partial charge in [0.1, 0.15) is 29.7 Å². The van der Waals surface area contributed by atoms with Crippen LogP contribution in [0.2, 0.25) is 25.7 Å². The van der Waals surface area contributed by atoms with Crippen molar-refractivity contribution in [2.45, 2.75) is 58.8 Å². The number of amides is 1. The average Bonchev–Trinajstić information content (AvgIpc) is 2.95. The first-order valence-corrected chi connectivity index (χ1v) is 13.9. The van der Waals surface area contributed by atoms with Gasteiger partial charge in [0, 0.05) is 25.5 Å². The number of rotatable bonds is 6. The third kappa shape index (κ3) is 5.80. The van der Waals surface area contributed by atoms with E-state index in [9.17, 15) is 10.1 Å². The predicted molar refractivity (Wildman–Crippen MR) is 124 cm³/mol. The van der Waals surface area contributed by atoms with E-state index in [0.29, 0.717) is 30.4 Å². The molecule has 0 saturated heterocycles. The van der Waals surface area contributed by atoms with Crippen molar-refractivity contribution in [2.24, 2.45) is 0 Å². The first kappa shape index (κ1) is 22.7. The van der Waals surface area contributed by atoms with Gasteiger partial charge in [0.15, 0.2) is 0 Å². The number of aromatic nitrogens is 3.